The van der Waals surface area contributed by atoms with Crippen molar-refractivity contribution >= 4 is 28.7 Å². The number of rotatable bonds is 5. The Morgan fingerprint density at radius 2 is 2.03 bits per heavy atom. The highest BCUT2D eigenvalue weighted by Gasteiger charge is 2.53. The molecule has 3 aromatic rings. The minimum absolute atomic E-state index is 0.115. The van der Waals surface area contributed by atoms with Crippen LogP contribution in [0.5, 0.6) is 0 Å². The minimum atomic E-state index is -0.452. The van der Waals surface area contributed by atoms with E-state index in [0.717, 1.165) is 35.2 Å². The molecule has 2 fully saturated rings. The summed E-state index contributed by atoms with van der Waals surface area (Å²) in [5.41, 5.74) is 2.60. The molecule has 9 nitrogen and oxygen atoms in total. The van der Waals surface area contributed by atoms with E-state index in [1.54, 1.807) is 6.07 Å². The zero-order valence-corrected chi connectivity index (χ0v) is 18.4. The van der Waals surface area contributed by atoms with Gasteiger partial charge in [0.1, 0.15) is 23.5 Å². The van der Waals surface area contributed by atoms with Crippen LogP contribution in [0.15, 0.2) is 36.7 Å². The number of carbonyl (C=O) groups excluding carboxylic acids is 2. The maximum Gasteiger partial charge on any atom is 0.354 e. The van der Waals surface area contributed by atoms with Crippen molar-refractivity contribution in [3.05, 3.63) is 53.5 Å². The van der Waals surface area contributed by atoms with Crippen LogP contribution in [0, 0.1) is 11.3 Å². The fraction of sp³-hybridized carbons (Fsp3) is 0.375. The molecule has 1 aliphatic heterocycles. The molecule has 2 aliphatic rings. The third-order valence-electron chi connectivity index (χ3n) is 6.52. The van der Waals surface area contributed by atoms with Gasteiger partial charge in [0.05, 0.1) is 36.9 Å². The summed E-state index contributed by atoms with van der Waals surface area (Å²) in [6.45, 7) is 1.95. The predicted octanol–water partition coefficient (Wildman–Crippen LogP) is 2.23. The molecule has 168 valence electrons. The first-order valence-corrected chi connectivity index (χ1v) is 11.0. The largest absolute Gasteiger partial charge is 0.464 e. The van der Waals surface area contributed by atoms with Crippen LogP contribution in [-0.2, 0) is 22.4 Å². The molecular formula is C24H24N6O3. The Bertz CT molecular complexity index is 1270. The number of hydrogen-bond donors (Lipinski definition) is 1. The van der Waals surface area contributed by atoms with E-state index >= 15 is 0 Å². The highest BCUT2D eigenvalue weighted by Crippen LogP contribution is 2.45. The van der Waals surface area contributed by atoms with Crippen molar-refractivity contribution < 1.29 is 14.3 Å². The molecule has 3 heterocycles. The van der Waals surface area contributed by atoms with E-state index in [4.69, 9.17) is 10.00 Å². The van der Waals surface area contributed by atoms with Crippen LogP contribution < -0.4 is 4.90 Å². The van der Waals surface area contributed by atoms with Gasteiger partial charge in [-0.3, -0.25) is 4.79 Å². The number of nitriles is 1. The van der Waals surface area contributed by atoms with E-state index in [-0.39, 0.29) is 11.4 Å². The summed E-state index contributed by atoms with van der Waals surface area (Å²) in [7, 11) is 1.34. The number of amides is 1. The first-order valence-electron chi connectivity index (χ1n) is 11.0. The van der Waals surface area contributed by atoms with Crippen molar-refractivity contribution in [2.45, 2.75) is 31.2 Å². The van der Waals surface area contributed by atoms with Gasteiger partial charge < -0.3 is 19.5 Å². The summed E-state index contributed by atoms with van der Waals surface area (Å²) in [5, 5.41) is 9.70. The number of carbonyl (C=O) groups is 2. The zero-order valence-electron chi connectivity index (χ0n) is 18.4. The van der Waals surface area contributed by atoms with E-state index in [1.165, 1.54) is 13.4 Å². The highest BCUT2D eigenvalue weighted by atomic mass is 16.5. The van der Waals surface area contributed by atoms with Crippen LogP contribution in [0.2, 0.25) is 0 Å². The van der Waals surface area contributed by atoms with E-state index in [2.05, 4.69) is 25.9 Å². The lowest BCUT2D eigenvalue weighted by Crippen LogP contribution is -2.57. The van der Waals surface area contributed by atoms with Crippen LogP contribution >= 0.6 is 0 Å². The molecule has 1 saturated heterocycles. The van der Waals surface area contributed by atoms with Crippen LogP contribution in [-0.4, -0.2) is 64.0 Å². The van der Waals surface area contributed by atoms with E-state index < -0.39 is 5.97 Å². The molecule has 1 spiro atoms. The molecule has 0 radical (unpaired) electrons. The molecule has 2 aromatic heterocycles. The predicted molar refractivity (Wildman–Crippen MR) is 121 cm³/mol. The van der Waals surface area contributed by atoms with Gasteiger partial charge in [0.2, 0.25) is 5.91 Å². The fourth-order valence-corrected chi connectivity index (χ4v) is 4.73. The summed E-state index contributed by atoms with van der Waals surface area (Å²) in [6.07, 6.45) is 4.07. The van der Waals surface area contributed by atoms with Crippen molar-refractivity contribution in [1.82, 2.24) is 19.9 Å². The number of aromatic nitrogens is 3. The lowest BCUT2D eigenvalue weighted by molar-refractivity contribution is -0.134. The SMILES string of the molecule is COC(=O)c1cc2c(N3CCN(C(=O)Cc4cccc(CC#N)c4)C4(CC4)C3)ncnc2[nH]1. The molecule has 0 unspecified atom stereocenters. The second-order valence-corrected chi connectivity index (χ2v) is 8.66. The average molecular weight is 444 g/mol. The van der Waals surface area contributed by atoms with Gasteiger partial charge in [-0.05, 0) is 30.0 Å². The van der Waals surface area contributed by atoms with Crippen molar-refractivity contribution in [2.24, 2.45) is 0 Å². The summed E-state index contributed by atoms with van der Waals surface area (Å²) >= 11 is 0. The van der Waals surface area contributed by atoms with E-state index in [0.29, 0.717) is 43.8 Å². The first-order chi connectivity index (χ1) is 16.0. The summed E-state index contributed by atoms with van der Waals surface area (Å²) in [6, 6.07) is 11.6. The molecule has 1 amide bonds. The molecule has 1 aliphatic carbocycles. The Morgan fingerprint density at radius 3 is 2.79 bits per heavy atom. The number of benzene rings is 1. The number of methoxy groups -OCH3 is 1. The third-order valence-corrected chi connectivity index (χ3v) is 6.52. The number of nitrogens with zero attached hydrogens (tertiary/aromatic N) is 5. The number of hydrogen-bond acceptors (Lipinski definition) is 7. The highest BCUT2D eigenvalue weighted by molar-refractivity contribution is 5.97. The van der Waals surface area contributed by atoms with Crippen LogP contribution in [0.4, 0.5) is 5.82 Å². The van der Waals surface area contributed by atoms with E-state index in [1.807, 2.05) is 29.2 Å². The summed E-state index contributed by atoms with van der Waals surface area (Å²) < 4.78 is 4.81. The Hall–Kier alpha value is -3.93. The summed E-state index contributed by atoms with van der Waals surface area (Å²) in [4.78, 5) is 41.1. The lowest BCUT2D eigenvalue weighted by Gasteiger charge is -2.43. The molecule has 9 heteroatoms. The number of piperazine rings is 1. The second kappa shape index (κ2) is 8.20. The second-order valence-electron chi connectivity index (χ2n) is 8.66. The monoisotopic (exact) mass is 444 g/mol. The van der Waals surface area contributed by atoms with Crippen LogP contribution in [0.1, 0.15) is 34.5 Å². The molecule has 0 bridgehead atoms. The number of esters is 1. The number of fused-ring (bicyclic) bond motifs is 1. The number of H-pyrrole nitrogens is 1. The molecule has 1 aromatic carbocycles. The molecule has 0 atom stereocenters. The van der Waals surface area contributed by atoms with Crippen LogP contribution in [0.25, 0.3) is 11.0 Å². The number of nitrogens with one attached hydrogen (secondary N) is 1. The van der Waals surface area contributed by atoms with Gasteiger partial charge in [0.25, 0.3) is 0 Å². The topological polar surface area (TPSA) is 115 Å². The van der Waals surface area contributed by atoms with Gasteiger partial charge in [-0.25, -0.2) is 14.8 Å². The summed E-state index contributed by atoms with van der Waals surface area (Å²) in [5.74, 6) is 0.421. The quantitative estimate of drug-likeness (QED) is 0.600. The Kier molecular flexibility index (Phi) is 5.21. The third kappa shape index (κ3) is 3.89. The zero-order chi connectivity index (χ0) is 23.0. The van der Waals surface area contributed by atoms with Gasteiger partial charge in [0, 0.05) is 19.6 Å². The lowest BCUT2D eigenvalue weighted by atomic mass is 10.0. The Morgan fingerprint density at radius 1 is 1.21 bits per heavy atom. The molecule has 33 heavy (non-hydrogen) atoms. The van der Waals surface area contributed by atoms with Crippen molar-refractivity contribution in [1.29, 1.82) is 5.26 Å². The maximum atomic E-state index is 13.2. The van der Waals surface area contributed by atoms with Gasteiger partial charge in [-0.15, -0.1) is 0 Å². The normalized spacial score (nSPS) is 16.6. The average Bonchev–Trinajstić information content (AvgIpc) is 3.42. The minimum Gasteiger partial charge on any atom is -0.464 e. The smallest absolute Gasteiger partial charge is 0.354 e. The fourth-order valence-electron chi connectivity index (χ4n) is 4.73. The maximum absolute atomic E-state index is 13.2. The number of anilines is 1. The van der Waals surface area contributed by atoms with E-state index in [9.17, 15) is 9.59 Å². The molecule has 5 rings (SSSR count). The van der Waals surface area contributed by atoms with Gasteiger partial charge in [-0.2, -0.15) is 5.26 Å². The molecule has 1 N–H and O–H groups in total. The standard InChI is InChI=1S/C24H24N6O3/c1-33-23(32)19-13-18-21(28-19)26-15-27-22(18)29-9-10-30(24(14-29)6-7-24)20(31)12-17-4-2-3-16(11-17)5-8-25/h2-4,11,13,15H,5-7,9-10,12,14H2,1H3,(H,26,27,28). The number of ether oxygens (including phenoxy) is 1. The molecular weight excluding hydrogens is 420 g/mol. The van der Waals surface area contributed by atoms with Crippen molar-refractivity contribution in [3.63, 3.8) is 0 Å². The van der Waals surface area contributed by atoms with Gasteiger partial charge in [0.15, 0.2) is 0 Å². The van der Waals surface area contributed by atoms with Gasteiger partial charge in [-0.1, -0.05) is 24.3 Å². The first kappa shape index (κ1) is 20.9. The van der Waals surface area contributed by atoms with Gasteiger partial charge >= 0.3 is 5.97 Å². The Labute approximate surface area is 191 Å². The van der Waals surface area contributed by atoms with Crippen molar-refractivity contribution in [2.75, 3.05) is 31.6 Å². The van der Waals surface area contributed by atoms with Crippen LogP contribution in [0.3, 0.4) is 0 Å². The molecule has 1 saturated carbocycles. The van der Waals surface area contributed by atoms with Crippen molar-refractivity contribution in [3.8, 4) is 6.07 Å². The number of aromatic amines is 1. The Balaban J connectivity index is 1.34.